The highest BCUT2D eigenvalue weighted by atomic mass is 19.1. The van der Waals surface area contributed by atoms with E-state index in [-0.39, 0.29) is 23.2 Å². The van der Waals surface area contributed by atoms with E-state index in [9.17, 15) is 9.18 Å². The maximum absolute atomic E-state index is 13.7. The number of fused-ring (bicyclic) bond motifs is 2. The zero-order chi connectivity index (χ0) is 23.3. The van der Waals surface area contributed by atoms with Crippen LogP contribution in [0.5, 0.6) is 0 Å². The van der Waals surface area contributed by atoms with Crippen molar-refractivity contribution in [1.82, 2.24) is 24.3 Å². The van der Waals surface area contributed by atoms with E-state index in [1.807, 2.05) is 18.0 Å². The van der Waals surface area contributed by atoms with Crippen LogP contribution in [0.2, 0.25) is 0 Å². The van der Waals surface area contributed by atoms with Crippen LogP contribution in [0.3, 0.4) is 0 Å². The molecular formula is C25H29FN6O. The lowest BCUT2D eigenvalue weighted by Crippen LogP contribution is -2.38. The van der Waals surface area contributed by atoms with E-state index in [1.54, 1.807) is 18.5 Å². The number of piperidine rings is 1. The molecule has 7 nitrogen and oxygen atoms in total. The smallest absolute Gasteiger partial charge is 0.270 e. The van der Waals surface area contributed by atoms with Gasteiger partial charge in [-0.15, -0.1) is 0 Å². The summed E-state index contributed by atoms with van der Waals surface area (Å²) < 4.78 is 15.7. The van der Waals surface area contributed by atoms with Crippen molar-refractivity contribution >= 4 is 28.3 Å². The van der Waals surface area contributed by atoms with Gasteiger partial charge in [-0.25, -0.2) is 9.37 Å². The molecule has 0 bridgehead atoms. The lowest BCUT2D eigenvalue weighted by molar-refractivity contribution is 0.0706. The second kappa shape index (κ2) is 7.86. The molecule has 1 saturated heterocycles. The van der Waals surface area contributed by atoms with Gasteiger partial charge in [-0.1, -0.05) is 0 Å². The van der Waals surface area contributed by atoms with Gasteiger partial charge in [-0.3, -0.25) is 14.2 Å². The average molecular weight is 449 g/mol. The highest BCUT2D eigenvalue weighted by Crippen LogP contribution is 2.35. The molecule has 0 atom stereocenters. The summed E-state index contributed by atoms with van der Waals surface area (Å²) in [5.74, 6) is 0.913. The van der Waals surface area contributed by atoms with Crippen LogP contribution in [0.1, 0.15) is 61.3 Å². The second-order valence-electron chi connectivity index (χ2n) is 9.91. The first-order chi connectivity index (χ1) is 15.7. The maximum Gasteiger partial charge on any atom is 0.270 e. The number of anilines is 1. The van der Waals surface area contributed by atoms with Crippen molar-refractivity contribution in [2.45, 2.75) is 52.0 Å². The fourth-order valence-corrected chi connectivity index (χ4v) is 4.72. The minimum absolute atomic E-state index is 0.0326. The Kier molecular flexibility index (Phi) is 5.11. The van der Waals surface area contributed by atoms with Crippen LogP contribution in [-0.2, 0) is 0 Å². The summed E-state index contributed by atoms with van der Waals surface area (Å²) in [5.41, 5.74) is 3.85. The molecule has 1 fully saturated rings. The molecule has 1 aromatic carbocycles. The van der Waals surface area contributed by atoms with Gasteiger partial charge in [0.2, 0.25) is 0 Å². The normalized spacial score (nSPS) is 15.5. The number of aromatic amines is 1. The number of likely N-dealkylation sites (tertiary alicyclic amines) is 1. The van der Waals surface area contributed by atoms with Gasteiger partial charge in [-0.2, -0.15) is 0 Å². The number of imidazole rings is 1. The number of halogens is 1. The zero-order valence-electron chi connectivity index (χ0n) is 19.4. The fourth-order valence-electron chi connectivity index (χ4n) is 4.72. The molecule has 0 radical (unpaired) electrons. The maximum atomic E-state index is 13.7. The van der Waals surface area contributed by atoms with Gasteiger partial charge >= 0.3 is 0 Å². The molecule has 1 amide bonds. The summed E-state index contributed by atoms with van der Waals surface area (Å²) in [6.07, 6.45) is 7.13. The summed E-state index contributed by atoms with van der Waals surface area (Å²) in [7, 11) is 0. The van der Waals surface area contributed by atoms with Crippen LogP contribution in [0, 0.1) is 12.7 Å². The molecule has 33 heavy (non-hydrogen) atoms. The van der Waals surface area contributed by atoms with Crippen LogP contribution in [-0.4, -0.2) is 48.8 Å². The van der Waals surface area contributed by atoms with Crippen LogP contribution in [0.4, 0.5) is 10.2 Å². The number of H-pyrrole nitrogens is 1. The third-order valence-corrected chi connectivity index (χ3v) is 6.35. The Hall–Kier alpha value is -3.42. The van der Waals surface area contributed by atoms with E-state index in [4.69, 9.17) is 4.98 Å². The van der Waals surface area contributed by atoms with Crippen molar-refractivity contribution in [3.63, 3.8) is 0 Å². The molecular weight excluding hydrogens is 419 g/mol. The molecule has 1 aliphatic rings. The third kappa shape index (κ3) is 3.94. The number of benzene rings is 1. The molecule has 172 valence electrons. The zero-order valence-corrected chi connectivity index (χ0v) is 19.4. The highest BCUT2D eigenvalue weighted by molar-refractivity contribution is 6.01. The third-order valence-electron chi connectivity index (χ3n) is 6.35. The Morgan fingerprint density at radius 2 is 2.00 bits per heavy atom. The summed E-state index contributed by atoms with van der Waals surface area (Å²) in [4.78, 5) is 27.5. The van der Waals surface area contributed by atoms with Crippen molar-refractivity contribution in [3.05, 3.63) is 59.6 Å². The van der Waals surface area contributed by atoms with E-state index in [0.29, 0.717) is 18.8 Å². The van der Waals surface area contributed by atoms with Crippen molar-refractivity contribution in [2.75, 3.05) is 18.4 Å². The quantitative estimate of drug-likeness (QED) is 0.468. The lowest BCUT2D eigenvalue weighted by Gasteiger charge is -2.32. The van der Waals surface area contributed by atoms with E-state index < -0.39 is 0 Å². The molecule has 4 aromatic rings. The van der Waals surface area contributed by atoms with Crippen molar-refractivity contribution in [1.29, 1.82) is 0 Å². The predicted octanol–water partition coefficient (Wildman–Crippen LogP) is 4.89. The molecule has 0 unspecified atom stereocenters. The van der Waals surface area contributed by atoms with E-state index in [1.165, 1.54) is 12.1 Å². The van der Waals surface area contributed by atoms with Gasteiger partial charge in [-0.05, 0) is 64.3 Å². The second-order valence-corrected chi connectivity index (χ2v) is 9.91. The molecule has 0 saturated carbocycles. The Morgan fingerprint density at radius 1 is 1.24 bits per heavy atom. The van der Waals surface area contributed by atoms with Gasteiger partial charge < -0.3 is 15.2 Å². The van der Waals surface area contributed by atoms with Crippen LogP contribution in [0.25, 0.3) is 16.6 Å². The number of rotatable bonds is 3. The number of hydrogen-bond acceptors (Lipinski definition) is 4. The predicted molar refractivity (Wildman–Crippen MR) is 127 cm³/mol. The van der Waals surface area contributed by atoms with E-state index >= 15 is 0 Å². The van der Waals surface area contributed by atoms with Gasteiger partial charge in [0.15, 0.2) is 5.65 Å². The summed E-state index contributed by atoms with van der Waals surface area (Å²) in [6, 6.07) is 4.57. The number of carbonyl (C=O) groups excluding carboxylic acids is 1. The van der Waals surface area contributed by atoms with Gasteiger partial charge in [0.1, 0.15) is 17.3 Å². The molecule has 1 aliphatic heterocycles. The van der Waals surface area contributed by atoms with Gasteiger partial charge in [0.05, 0.1) is 11.9 Å². The van der Waals surface area contributed by atoms with Crippen molar-refractivity contribution in [3.8, 4) is 0 Å². The fraction of sp³-hybridized carbons (Fsp3) is 0.400. The SMILES string of the molecule is Cc1c(C(=O)N2CCC(c3nc4cnccn4c3NC(C)(C)C)CC2)[nH]c2ccc(F)cc12. The number of aromatic nitrogens is 4. The largest absolute Gasteiger partial charge is 0.365 e. The van der Waals surface area contributed by atoms with Crippen LogP contribution >= 0.6 is 0 Å². The Balaban J connectivity index is 1.38. The van der Waals surface area contributed by atoms with E-state index in [2.05, 4.69) is 40.5 Å². The minimum Gasteiger partial charge on any atom is -0.365 e. The van der Waals surface area contributed by atoms with Crippen molar-refractivity contribution in [2.24, 2.45) is 0 Å². The van der Waals surface area contributed by atoms with Crippen molar-refractivity contribution < 1.29 is 9.18 Å². The van der Waals surface area contributed by atoms with Gasteiger partial charge in [0.25, 0.3) is 5.91 Å². The van der Waals surface area contributed by atoms with Crippen LogP contribution < -0.4 is 5.32 Å². The topological polar surface area (TPSA) is 78.3 Å². The molecule has 0 spiro atoms. The molecule has 8 heteroatoms. The van der Waals surface area contributed by atoms with Crippen LogP contribution in [0.15, 0.2) is 36.8 Å². The average Bonchev–Trinajstić information content (AvgIpc) is 3.30. The first-order valence-electron chi connectivity index (χ1n) is 11.4. The number of carbonyl (C=O) groups is 1. The highest BCUT2D eigenvalue weighted by Gasteiger charge is 2.31. The number of nitrogens with one attached hydrogen (secondary N) is 2. The summed E-state index contributed by atoms with van der Waals surface area (Å²) >= 11 is 0. The number of aryl methyl sites for hydroxylation is 1. The van der Waals surface area contributed by atoms with E-state index in [0.717, 1.165) is 46.5 Å². The monoisotopic (exact) mass is 448 g/mol. The molecule has 5 rings (SSSR count). The first-order valence-corrected chi connectivity index (χ1v) is 11.4. The number of hydrogen-bond donors (Lipinski definition) is 2. The molecule has 4 heterocycles. The Labute approximate surface area is 192 Å². The van der Waals surface area contributed by atoms with Gasteiger partial charge in [0, 0.05) is 47.8 Å². The first kappa shape index (κ1) is 21.4. The lowest BCUT2D eigenvalue weighted by atomic mass is 9.92. The Morgan fingerprint density at radius 3 is 2.73 bits per heavy atom. The summed E-state index contributed by atoms with van der Waals surface area (Å²) in [5, 5.41) is 4.37. The Bertz CT molecular complexity index is 1340. The molecule has 2 N–H and O–H groups in total. The molecule has 0 aliphatic carbocycles. The standard InChI is InChI=1S/C25H29FN6O/c1-15-18-13-17(26)5-6-19(18)28-21(15)24(33)31-10-7-16(8-11-31)22-23(30-25(2,3)4)32-12-9-27-14-20(32)29-22/h5-6,9,12-14,16,28,30H,7-8,10-11H2,1-4H3. The number of amides is 1. The minimum atomic E-state index is -0.299. The molecule has 3 aromatic heterocycles. The number of nitrogens with zero attached hydrogens (tertiary/aromatic N) is 4. The summed E-state index contributed by atoms with van der Waals surface area (Å²) in [6.45, 7) is 9.56.